The van der Waals surface area contributed by atoms with E-state index in [-0.39, 0.29) is 11.2 Å². The first-order valence-electron chi connectivity index (χ1n) is 9.76. The quantitative estimate of drug-likeness (QED) is 0.665. The molecular formula is C22H23FN4. The average molecular weight is 362 g/mol. The largest absolute Gasteiger partial charge is 0.275 e. The second-order valence-electron chi connectivity index (χ2n) is 8.13. The van der Waals surface area contributed by atoms with Gasteiger partial charge in [0.15, 0.2) is 5.82 Å². The van der Waals surface area contributed by atoms with Gasteiger partial charge in [0.25, 0.3) is 0 Å². The van der Waals surface area contributed by atoms with E-state index in [1.165, 1.54) is 50.7 Å². The molecule has 4 nitrogen and oxygen atoms in total. The highest BCUT2D eigenvalue weighted by Crippen LogP contribution is 2.51. The van der Waals surface area contributed by atoms with Crippen LogP contribution in [0, 0.1) is 11.7 Å². The molecule has 2 bridgehead atoms. The molecule has 1 aromatic carbocycles. The molecule has 2 heterocycles. The lowest BCUT2D eigenvalue weighted by molar-refractivity contribution is 0.132. The Balaban J connectivity index is 1.54. The summed E-state index contributed by atoms with van der Waals surface area (Å²) in [7, 11) is 1.86. The third-order valence-electron chi connectivity index (χ3n) is 6.46. The predicted molar refractivity (Wildman–Crippen MR) is 102 cm³/mol. The van der Waals surface area contributed by atoms with E-state index in [0.717, 1.165) is 22.9 Å². The fourth-order valence-corrected chi connectivity index (χ4v) is 4.86. The van der Waals surface area contributed by atoms with Gasteiger partial charge in [-0.25, -0.2) is 14.4 Å². The van der Waals surface area contributed by atoms with Gasteiger partial charge in [0.05, 0.1) is 11.4 Å². The Bertz CT molecular complexity index is 972. The summed E-state index contributed by atoms with van der Waals surface area (Å²) in [4.78, 5) is 9.37. The molecule has 5 heteroatoms. The molecule has 2 aromatic heterocycles. The zero-order chi connectivity index (χ0) is 18.4. The topological polar surface area (TPSA) is 43.6 Å². The van der Waals surface area contributed by atoms with Gasteiger partial charge in [-0.2, -0.15) is 5.10 Å². The van der Waals surface area contributed by atoms with E-state index >= 15 is 0 Å². The van der Waals surface area contributed by atoms with E-state index in [1.54, 1.807) is 4.68 Å². The Kier molecular flexibility index (Phi) is 3.85. The van der Waals surface area contributed by atoms with Crippen LogP contribution in [0.15, 0.2) is 42.7 Å². The van der Waals surface area contributed by atoms with Crippen LogP contribution >= 0.6 is 0 Å². The van der Waals surface area contributed by atoms with Crippen molar-refractivity contribution in [3.05, 3.63) is 54.2 Å². The van der Waals surface area contributed by atoms with Crippen LogP contribution in [-0.2, 0) is 12.5 Å². The van der Waals surface area contributed by atoms with Gasteiger partial charge in [0, 0.05) is 36.0 Å². The number of halogens is 1. The fraction of sp³-hybridized carbons (Fsp3) is 0.409. The molecule has 138 valence electrons. The van der Waals surface area contributed by atoms with Crippen LogP contribution in [0.2, 0.25) is 0 Å². The number of fused-ring (bicyclic) bond motifs is 3. The maximum atomic E-state index is 14.3. The summed E-state index contributed by atoms with van der Waals surface area (Å²) < 4.78 is 16.0. The highest BCUT2D eigenvalue weighted by molar-refractivity contribution is 5.68. The molecule has 3 fully saturated rings. The van der Waals surface area contributed by atoms with E-state index in [2.05, 4.69) is 16.1 Å². The maximum absolute atomic E-state index is 14.3. The van der Waals surface area contributed by atoms with Gasteiger partial charge < -0.3 is 0 Å². The molecule has 3 aromatic rings. The van der Waals surface area contributed by atoms with E-state index in [0.29, 0.717) is 11.4 Å². The second-order valence-corrected chi connectivity index (χ2v) is 8.13. The van der Waals surface area contributed by atoms with Gasteiger partial charge in [-0.1, -0.05) is 0 Å². The highest BCUT2D eigenvalue weighted by atomic mass is 19.1. The minimum atomic E-state index is -0.293. The summed E-state index contributed by atoms with van der Waals surface area (Å²) in [5.74, 6) is 1.22. The van der Waals surface area contributed by atoms with E-state index in [1.807, 2.05) is 31.6 Å². The van der Waals surface area contributed by atoms with Crippen LogP contribution in [-0.4, -0.2) is 19.7 Å². The lowest BCUT2D eigenvalue weighted by Gasteiger charge is -2.46. The third kappa shape index (κ3) is 2.95. The lowest BCUT2D eigenvalue weighted by Crippen LogP contribution is -2.38. The van der Waals surface area contributed by atoms with Crippen molar-refractivity contribution in [2.45, 2.75) is 43.9 Å². The molecule has 0 radical (unpaired) electrons. The Hall–Kier alpha value is -2.56. The van der Waals surface area contributed by atoms with Crippen LogP contribution in [0.1, 0.15) is 44.2 Å². The van der Waals surface area contributed by atoms with Crippen molar-refractivity contribution in [2.75, 3.05) is 0 Å². The number of nitrogens with zero attached hydrogens (tertiary/aromatic N) is 4. The number of aryl methyl sites for hydroxylation is 1. The summed E-state index contributed by atoms with van der Waals surface area (Å²) in [5.41, 5.74) is 3.53. The van der Waals surface area contributed by atoms with Gasteiger partial charge in [-0.15, -0.1) is 0 Å². The Labute approximate surface area is 158 Å². The molecule has 3 saturated carbocycles. The third-order valence-corrected chi connectivity index (χ3v) is 6.46. The molecule has 0 N–H and O–H groups in total. The van der Waals surface area contributed by atoms with Crippen LogP contribution in [0.3, 0.4) is 0 Å². The number of hydrogen-bond donors (Lipinski definition) is 0. The van der Waals surface area contributed by atoms with Gasteiger partial charge in [0.1, 0.15) is 5.82 Å². The first-order valence-corrected chi connectivity index (χ1v) is 9.76. The van der Waals surface area contributed by atoms with E-state index in [9.17, 15) is 4.39 Å². The zero-order valence-corrected chi connectivity index (χ0v) is 15.5. The smallest absolute Gasteiger partial charge is 0.159 e. The Morgan fingerprint density at radius 3 is 2.48 bits per heavy atom. The van der Waals surface area contributed by atoms with Gasteiger partial charge in [-0.05, 0) is 74.8 Å². The van der Waals surface area contributed by atoms with Crippen molar-refractivity contribution in [3.63, 3.8) is 0 Å². The van der Waals surface area contributed by atoms with Crippen molar-refractivity contribution in [3.8, 4) is 22.6 Å². The molecule has 0 spiro atoms. The van der Waals surface area contributed by atoms with E-state index in [4.69, 9.17) is 4.98 Å². The monoisotopic (exact) mass is 362 g/mol. The number of aromatic nitrogens is 4. The molecule has 27 heavy (non-hydrogen) atoms. The van der Waals surface area contributed by atoms with Crippen molar-refractivity contribution < 1.29 is 4.39 Å². The predicted octanol–water partition coefficient (Wildman–Crippen LogP) is 4.91. The fourth-order valence-electron chi connectivity index (χ4n) is 4.86. The zero-order valence-electron chi connectivity index (χ0n) is 15.5. The molecule has 0 unspecified atom stereocenters. The van der Waals surface area contributed by atoms with Crippen molar-refractivity contribution >= 4 is 0 Å². The first-order chi connectivity index (χ1) is 13.1. The van der Waals surface area contributed by atoms with Gasteiger partial charge in [0.2, 0.25) is 0 Å². The normalized spacial score (nSPS) is 24.3. The molecular weight excluding hydrogens is 339 g/mol. The van der Waals surface area contributed by atoms with Crippen LogP contribution < -0.4 is 0 Å². The molecule has 0 aliphatic heterocycles. The maximum Gasteiger partial charge on any atom is 0.159 e. The lowest BCUT2D eigenvalue weighted by atomic mass is 9.59. The van der Waals surface area contributed by atoms with Crippen LogP contribution in [0.25, 0.3) is 22.6 Å². The SMILES string of the molecule is Cn1ccc(-c2cc(F)cc(-c3nccc(C45CCC(CC4)CC5)n3)c2)n1. The highest BCUT2D eigenvalue weighted by Gasteiger charge is 2.42. The Morgan fingerprint density at radius 2 is 1.78 bits per heavy atom. The number of hydrogen-bond acceptors (Lipinski definition) is 3. The molecule has 6 rings (SSSR count). The number of rotatable bonds is 3. The minimum absolute atomic E-state index is 0.198. The van der Waals surface area contributed by atoms with E-state index < -0.39 is 0 Å². The standard InChI is InChI=1S/C22H23FN4/c1-27-11-6-19(26-27)16-12-17(14-18(23)13-16)21-24-10-5-20(25-21)22-7-2-15(3-8-22)4-9-22/h5-6,10-15H,2-4,7-9H2,1H3. The summed E-state index contributed by atoms with van der Waals surface area (Å²) in [5, 5.41) is 4.39. The summed E-state index contributed by atoms with van der Waals surface area (Å²) in [6, 6.07) is 8.90. The summed E-state index contributed by atoms with van der Waals surface area (Å²) in [6.07, 6.45) is 11.3. The Morgan fingerprint density at radius 1 is 1.04 bits per heavy atom. The summed E-state index contributed by atoms with van der Waals surface area (Å²) in [6.45, 7) is 0. The van der Waals surface area contributed by atoms with Gasteiger partial charge >= 0.3 is 0 Å². The molecule has 3 aliphatic rings. The van der Waals surface area contributed by atoms with Crippen molar-refractivity contribution in [1.82, 2.24) is 19.7 Å². The minimum Gasteiger partial charge on any atom is -0.275 e. The summed E-state index contributed by atoms with van der Waals surface area (Å²) >= 11 is 0. The van der Waals surface area contributed by atoms with Crippen molar-refractivity contribution in [2.24, 2.45) is 13.0 Å². The van der Waals surface area contributed by atoms with Crippen LogP contribution in [0.4, 0.5) is 4.39 Å². The second kappa shape index (κ2) is 6.25. The first kappa shape index (κ1) is 16.6. The number of benzene rings is 1. The van der Waals surface area contributed by atoms with Gasteiger partial charge in [-0.3, -0.25) is 4.68 Å². The molecule has 0 amide bonds. The average Bonchev–Trinajstić information content (AvgIpc) is 3.16. The molecule has 0 saturated heterocycles. The van der Waals surface area contributed by atoms with Crippen molar-refractivity contribution in [1.29, 1.82) is 0 Å². The molecule has 0 atom stereocenters. The molecule has 3 aliphatic carbocycles. The van der Waals surface area contributed by atoms with Crippen LogP contribution in [0.5, 0.6) is 0 Å².